The minimum atomic E-state index is -4.41. The number of halogens is 4. The fourth-order valence-electron chi connectivity index (χ4n) is 1.75. The van der Waals surface area contributed by atoms with Crippen LogP contribution in [0.15, 0.2) is 24.3 Å². The standard InChI is InChI=1S/C14H17F4NO/c1-2-3-8-19(10-14(16,17)18)13(20)9-11-4-6-12(15)7-5-11/h4-7H,2-3,8-10H2,1H3. The SMILES string of the molecule is CCCCN(CC(F)(F)F)C(=O)Cc1ccc(F)cc1. The Morgan fingerprint density at radius 3 is 2.30 bits per heavy atom. The van der Waals surface area contributed by atoms with Crippen LogP contribution in [0.5, 0.6) is 0 Å². The highest BCUT2D eigenvalue weighted by atomic mass is 19.4. The van der Waals surface area contributed by atoms with Gasteiger partial charge in [-0.05, 0) is 24.1 Å². The van der Waals surface area contributed by atoms with Gasteiger partial charge in [-0.15, -0.1) is 0 Å². The minimum Gasteiger partial charge on any atom is -0.333 e. The Balaban J connectivity index is 2.69. The third-order valence-corrected chi connectivity index (χ3v) is 2.77. The normalized spacial score (nSPS) is 11.4. The lowest BCUT2D eigenvalue weighted by Crippen LogP contribution is -2.40. The van der Waals surface area contributed by atoms with E-state index in [-0.39, 0.29) is 13.0 Å². The molecule has 0 aliphatic heterocycles. The van der Waals surface area contributed by atoms with E-state index >= 15 is 0 Å². The van der Waals surface area contributed by atoms with E-state index in [0.29, 0.717) is 18.4 Å². The first kappa shape index (κ1) is 16.5. The molecule has 0 aromatic heterocycles. The fraction of sp³-hybridized carbons (Fsp3) is 0.500. The van der Waals surface area contributed by atoms with Crippen LogP contribution in [0.4, 0.5) is 17.6 Å². The third-order valence-electron chi connectivity index (χ3n) is 2.77. The molecule has 0 aliphatic rings. The molecule has 1 rings (SSSR count). The molecule has 112 valence electrons. The zero-order valence-corrected chi connectivity index (χ0v) is 11.2. The lowest BCUT2D eigenvalue weighted by molar-refractivity contribution is -0.160. The maximum atomic E-state index is 12.7. The number of hydrogen-bond donors (Lipinski definition) is 0. The number of nitrogens with zero attached hydrogens (tertiary/aromatic N) is 1. The van der Waals surface area contributed by atoms with Crippen molar-refractivity contribution in [2.75, 3.05) is 13.1 Å². The van der Waals surface area contributed by atoms with Gasteiger partial charge in [-0.25, -0.2) is 4.39 Å². The molecule has 0 saturated carbocycles. The van der Waals surface area contributed by atoms with Gasteiger partial charge in [-0.1, -0.05) is 25.5 Å². The molecule has 0 atom stereocenters. The second-order valence-electron chi connectivity index (χ2n) is 4.59. The number of carbonyl (C=O) groups is 1. The van der Waals surface area contributed by atoms with Crippen LogP contribution in [0.2, 0.25) is 0 Å². The molecule has 0 N–H and O–H groups in total. The van der Waals surface area contributed by atoms with Crippen molar-refractivity contribution in [1.82, 2.24) is 4.90 Å². The van der Waals surface area contributed by atoms with Gasteiger partial charge >= 0.3 is 6.18 Å². The van der Waals surface area contributed by atoms with Crippen molar-refractivity contribution < 1.29 is 22.4 Å². The number of rotatable bonds is 6. The number of benzene rings is 1. The molecule has 0 fully saturated rings. The highest BCUT2D eigenvalue weighted by Gasteiger charge is 2.32. The van der Waals surface area contributed by atoms with E-state index in [1.165, 1.54) is 24.3 Å². The Morgan fingerprint density at radius 1 is 1.20 bits per heavy atom. The van der Waals surface area contributed by atoms with Gasteiger partial charge in [-0.2, -0.15) is 13.2 Å². The molecule has 6 heteroatoms. The zero-order chi connectivity index (χ0) is 15.2. The van der Waals surface area contributed by atoms with Gasteiger partial charge in [0.1, 0.15) is 12.4 Å². The van der Waals surface area contributed by atoms with Gasteiger partial charge in [0.2, 0.25) is 5.91 Å². The first-order valence-corrected chi connectivity index (χ1v) is 6.41. The Labute approximate surface area is 115 Å². The summed E-state index contributed by atoms with van der Waals surface area (Å²) in [5, 5.41) is 0. The molecule has 0 aliphatic carbocycles. The van der Waals surface area contributed by atoms with Crippen LogP contribution >= 0.6 is 0 Å². The Morgan fingerprint density at radius 2 is 1.80 bits per heavy atom. The van der Waals surface area contributed by atoms with E-state index in [1.54, 1.807) is 0 Å². The Hall–Kier alpha value is -1.59. The summed E-state index contributed by atoms with van der Waals surface area (Å²) < 4.78 is 50.1. The Bertz CT molecular complexity index is 428. The van der Waals surface area contributed by atoms with E-state index in [0.717, 1.165) is 4.90 Å². The van der Waals surface area contributed by atoms with Gasteiger partial charge in [0.25, 0.3) is 0 Å². The van der Waals surface area contributed by atoms with Crippen molar-refractivity contribution >= 4 is 5.91 Å². The predicted octanol–water partition coefficient (Wildman–Crippen LogP) is 3.56. The largest absolute Gasteiger partial charge is 0.406 e. The lowest BCUT2D eigenvalue weighted by Gasteiger charge is -2.24. The summed E-state index contributed by atoms with van der Waals surface area (Å²) in [6, 6.07) is 5.17. The second kappa shape index (κ2) is 7.26. The molecule has 0 radical (unpaired) electrons. The molecule has 2 nitrogen and oxygen atoms in total. The second-order valence-corrected chi connectivity index (χ2v) is 4.59. The molecule has 0 spiro atoms. The van der Waals surface area contributed by atoms with Crippen molar-refractivity contribution in [3.8, 4) is 0 Å². The highest BCUT2D eigenvalue weighted by Crippen LogP contribution is 2.18. The number of amides is 1. The minimum absolute atomic E-state index is 0.0794. The molecule has 1 aromatic rings. The van der Waals surface area contributed by atoms with Gasteiger partial charge in [0.15, 0.2) is 0 Å². The maximum absolute atomic E-state index is 12.7. The van der Waals surface area contributed by atoms with Gasteiger partial charge in [0.05, 0.1) is 6.42 Å². The predicted molar refractivity (Wildman–Crippen MR) is 67.6 cm³/mol. The van der Waals surface area contributed by atoms with E-state index in [1.807, 2.05) is 6.92 Å². The van der Waals surface area contributed by atoms with Crippen LogP contribution in [0.25, 0.3) is 0 Å². The summed E-state index contributed by atoms with van der Waals surface area (Å²) in [5.41, 5.74) is 0.500. The quantitative estimate of drug-likeness (QED) is 0.734. The van der Waals surface area contributed by atoms with E-state index in [4.69, 9.17) is 0 Å². The molecule has 0 bridgehead atoms. The van der Waals surface area contributed by atoms with Crippen molar-refractivity contribution in [3.05, 3.63) is 35.6 Å². The van der Waals surface area contributed by atoms with Gasteiger partial charge in [0, 0.05) is 6.54 Å². The number of unbranched alkanes of at least 4 members (excludes halogenated alkanes) is 1. The van der Waals surface area contributed by atoms with Crippen molar-refractivity contribution in [2.45, 2.75) is 32.4 Å². The van der Waals surface area contributed by atoms with Crippen molar-refractivity contribution in [3.63, 3.8) is 0 Å². The molecule has 0 unspecified atom stereocenters. The molecular formula is C14H17F4NO. The zero-order valence-electron chi connectivity index (χ0n) is 11.2. The molecule has 1 amide bonds. The van der Waals surface area contributed by atoms with E-state index < -0.39 is 24.4 Å². The summed E-state index contributed by atoms with van der Waals surface area (Å²) in [6.07, 6.45) is -3.34. The van der Waals surface area contributed by atoms with Crippen LogP contribution in [-0.4, -0.2) is 30.1 Å². The van der Waals surface area contributed by atoms with E-state index in [9.17, 15) is 22.4 Å². The van der Waals surface area contributed by atoms with Crippen LogP contribution < -0.4 is 0 Å². The molecular weight excluding hydrogens is 274 g/mol. The van der Waals surface area contributed by atoms with Crippen LogP contribution in [-0.2, 0) is 11.2 Å². The number of hydrogen-bond acceptors (Lipinski definition) is 1. The third kappa shape index (κ3) is 6.04. The monoisotopic (exact) mass is 291 g/mol. The maximum Gasteiger partial charge on any atom is 0.406 e. The van der Waals surface area contributed by atoms with Crippen LogP contribution in [0.1, 0.15) is 25.3 Å². The Kier molecular flexibility index (Phi) is 5.98. The summed E-state index contributed by atoms with van der Waals surface area (Å²) in [4.78, 5) is 12.7. The molecule has 1 aromatic carbocycles. The van der Waals surface area contributed by atoms with E-state index in [2.05, 4.69) is 0 Å². The smallest absolute Gasteiger partial charge is 0.333 e. The van der Waals surface area contributed by atoms with Crippen molar-refractivity contribution in [2.24, 2.45) is 0 Å². The van der Waals surface area contributed by atoms with Gasteiger partial charge in [-0.3, -0.25) is 4.79 Å². The van der Waals surface area contributed by atoms with Crippen LogP contribution in [0, 0.1) is 5.82 Å². The first-order valence-electron chi connectivity index (χ1n) is 6.41. The molecule has 20 heavy (non-hydrogen) atoms. The molecule has 0 saturated heterocycles. The number of carbonyl (C=O) groups excluding carboxylic acids is 1. The summed E-state index contributed by atoms with van der Waals surface area (Å²) in [5.74, 6) is -1.04. The lowest BCUT2D eigenvalue weighted by atomic mass is 10.1. The summed E-state index contributed by atoms with van der Waals surface area (Å²) >= 11 is 0. The summed E-state index contributed by atoms with van der Waals surface area (Å²) in [7, 11) is 0. The molecule has 0 heterocycles. The van der Waals surface area contributed by atoms with Gasteiger partial charge < -0.3 is 4.90 Å². The highest BCUT2D eigenvalue weighted by molar-refractivity contribution is 5.78. The fourth-order valence-corrected chi connectivity index (χ4v) is 1.75. The van der Waals surface area contributed by atoms with Crippen molar-refractivity contribution in [1.29, 1.82) is 0 Å². The topological polar surface area (TPSA) is 20.3 Å². The first-order chi connectivity index (χ1) is 9.31. The number of alkyl halides is 3. The summed E-state index contributed by atoms with van der Waals surface area (Å²) in [6.45, 7) is 0.680. The average Bonchev–Trinajstić information content (AvgIpc) is 2.36. The average molecular weight is 291 g/mol. The van der Waals surface area contributed by atoms with Crippen LogP contribution in [0.3, 0.4) is 0 Å².